The first kappa shape index (κ1) is 19.6. The largest absolute Gasteiger partial charge is 0.573 e. The molecule has 28 heavy (non-hydrogen) atoms. The predicted molar refractivity (Wildman–Crippen MR) is 95.6 cm³/mol. The Balaban J connectivity index is 1.56. The van der Waals surface area contributed by atoms with Crippen molar-refractivity contribution < 1.29 is 31.9 Å². The van der Waals surface area contributed by atoms with Crippen molar-refractivity contribution in [1.82, 2.24) is 0 Å². The van der Waals surface area contributed by atoms with Crippen LogP contribution in [-0.2, 0) is 6.61 Å². The molecule has 0 unspecified atom stereocenters. The Morgan fingerprint density at radius 3 is 2.46 bits per heavy atom. The van der Waals surface area contributed by atoms with Gasteiger partial charge in [-0.05, 0) is 54.6 Å². The minimum absolute atomic E-state index is 0.0281. The van der Waals surface area contributed by atoms with Crippen molar-refractivity contribution >= 4 is 23.2 Å². The molecule has 0 atom stereocenters. The molecule has 0 fully saturated rings. The van der Waals surface area contributed by atoms with Crippen molar-refractivity contribution in [2.24, 2.45) is 0 Å². The van der Waals surface area contributed by atoms with Crippen LogP contribution in [0.4, 0.5) is 18.9 Å². The van der Waals surface area contributed by atoms with Crippen LogP contribution in [0.1, 0.15) is 16.3 Å². The van der Waals surface area contributed by atoms with E-state index in [9.17, 15) is 18.0 Å². The van der Waals surface area contributed by atoms with E-state index in [0.29, 0.717) is 16.5 Å². The van der Waals surface area contributed by atoms with Gasteiger partial charge < -0.3 is 19.2 Å². The number of furan rings is 1. The summed E-state index contributed by atoms with van der Waals surface area (Å²) in [5, 5.41) is 3.05. The number of rotatable bonds is 6. The quantitative estimate of drug-likeness (QED) is 0.568. The monoisotopic (exact) mass is 411 g/mol. The van der Waals surface area contributed by atoms with E-state index < -0.39 is 12.3 Å². The maximum Gasteiger partial charge on any atom is 0.573 e. The molecule has 1 N–H and O–H groups in total. The van der Waals surface area contributed by atoms with Crippen LogP contribution in [-0.4, -0.2) is 12.3 Å². The van der Waals surface area contributed by atoms with Gasteiger partial charge in [0.2, 0.25) is 0 Å². The molecule has 0 aliphatic rings. The number of hydrogen-bond donors (Lipinski definition) is 1. The van der Waals surface area contributed by atoms with Gasteiger partial charge in [0.25, 0.3) is 5.91 Å². The first-order valence-corrected chi connectivity index (χ1v) is 8.30. The lowest BCUT2D eigenvalue weighted by atomic mass is 10.3. The Hall–Kier alpha value is -3.13. The molecule has 0 saturated carbocycles. The standard InChI is InChI=1S/C19H13ClF3NO4/c20-12-2-1-3-15(10-12)26-11-16-8-9-17(27-16)18(25)24-13-4-6-14(7-5-13)28-19(21,22)23/h1-10H,11H2,(H,24,25). The van der Waals surface area contributed by atoms with Crippen LogP contribution in [0.15, 0.2) is 65.1 Å². The number of carbonyl (C=O) groups excluding carboxylic acids is 1. The molecule has 3 rings (SSSR count). The van der Waals surface area contributed by atoms with Gasteiger partial charge in [-0.3, -0.25) is 4.79 Å². The second-order valence-electron chi connectivity index (χ2n) is 5.54. The minimum atomic E-state index is -4.78. The molecule has 3 aromatic rings. The SMILES string of the molecule is O=C(Nc1ccc(OC(F)(F)F)cc1)c1ccc(COc2cccc(Cl)c2)o1. The van der Waals surface area contributed by atoms with Crippen LogP contribution in [0.25, 0.3) is 0 Å². The van der Waals surface area contributed by atoms with Gasteiger partial charge in [0.05, 0.1) is 0 Å². The highest BCUT2D eigenvalue weighted by molar-refractivity contribution is 6.30. The summed E-state index contributed by atoms with van der Waals surface area (Å²) in [6, 6.07) is 14.6. The van der Waals surface area contributed by atoms with E-state index in [1.165, 1.54) is 18.2 Å². The third-order valence-electron chi connectivity index (χ3n) is 3.41. The van der Waals surface area contributed by atoms with Crippen LogP contribution >= 0.6 is 11.6 Å². The molecule has 146 valence electrons. The molecule has 0 radical (unpaired) electrons. The zero-order valence-corrected chi connectivity index (χ0v) is 14.9. The van der Waals surface area contributed by atoms with Gasteiger partial charge in [0.15, 0.2) is 5.76 Å². The van der Waals surface area contributed by atoms with E-state index in [-0.39, 0.29) is 23.8 Å². The third kappa shape index (κ3) is 5.68. The van der Waals surface area contributed by atoms with Crippen molar-refractivity contribution in [3.05, 3.63) is 77.2 Å². The highest BCUT2D eigenvalue weighted by Crippen LogP contribution is 2.24. The van der Waals surface area contributed by atoms with Crippen molar-refractivity contribution in [3.8, 4) is 11.5 Å². The van der Waals surface area contributed by atoms with Crippen molar-refractivity contribution in [2.75, 3.05) is 5.32 Å². The van der Waals surface area contributed by atoms with Gasteiger partial charge in [0, 0.05) is 10.7 Å². The molecule has 0 aliphatic carbocycles. The summed E-state index contributed by atoms with van der Waals surface area (Å²) in [4.78, 5) is 12.2. The van der Waals surface area contributed by atoms with Crippen LogP contribution in [0.5, 0.6) is 11.5 Å². The summed E-state index contributed by atoms with van der Waals surface area (Å²) in [5.41, 5.74) is 0.285. The molecule has 0 bridgehead atoms. The molecule has 0 aliphatic heterocycles. The zero-order valence-electron chi connectivity index (χ0n) is 14.1. The molecule has 9 heteroatoms. The van der Waals surface area contributed by atoms with E-state index in [4.69, 9.17) is 20.8 Å². The van der Waals surface area contributed by atoms with Crippen LogP contribution in [0.2, 0.25) is 5.02 Å². The maximum atomic E-state index is 12.2. The average molecular weight is 412 g/mol. The van der Waals surface area contributed by atoms with Gasteiger partial charge in [-0.1, -0.05) is 17.7 Å². The van der Waals surface area contributed by atoms with E-state index >= 15 is 0 Å². The molecule has 2 aromatic carbocycles. The molecule has 5 nitrogen and oxygen atoms in total. The number of carbonyl (C=O) groups is 1. The Morgan fingerprint density at radius 2 is 1.79 bits per heavy atom. The number of hydrogen-bond acceptors (Lipinski definition) is 4. The fourth-order valence-electron chi connectivity index (χ4n) is 2.22. The third-order valence-corrected chi connectivity index (χ3v) is 3.64. The Morgan fingerprint density at radius 1 is 1.04 bits per heavy atom. The van der Waals surface area contributed by atoms with Gasteiger partial charge in [0.1, 0.15) is 23.9 Å². The topological polar surface area (TPSA) is 60.7 Å². The molecule has 1 heterocycles. The van der Waals surface area contributed by atoms with Gasteiger partial charge >= 0.3 is 6.36 Å². The number of nitrogens with one attached hydrogen (secondary N) is 1. The number of anilines is 1. The fraction of sp³-hybridized carbons (Fsp3) is 0.105. The number of halogens is 4. The predicted octanol–water partition coefficient (Wildman–Crippen LogP) is 5.66. The lowest BCUT2D eigenvalue weighted by molar-refractivity contribution is -0.274. The summed E-state index contributed by atoms with van der Waals surface area (Å²) < 4.78 is 51.1. The van der Waals surface area contributed by atoms with Gasteiger partial charge in [-0.15, -0.1) is 13.2 Å². The Labute approximate surface area is 162 Å². The van der Waals surface area contributed by atoms with E-state index in [0.717, 1.165) is 12.1 Å². The number of benzene rings is 2. The number of alkyl halides is 3. The smallest absolute Gasteiger partial charge is 0.486 e. The first-order chi connectivity index (χ1) is 13.3. The summed E-state index contributed by atoms with van der Waals surface area (Å²) in [6.07, 6.45) is -4.78. The van der Waals surface area contributed by atoms with Crippen molar-refractivity contribution in [3.63, 3.8) is 0 Å². The first-order valence-electron chi connectivity index (χ1n) is 7.93. The molecular weight excluding hydrogens is 399 g/mol. The summed E-state index contributed by atoms with van der Waals surface area (Å²) in [5.74, 6) is 0.0536. The van der Waals surface area contributed by atoms with Crippen LogP contribution in [0.3, 0.4) is 0 Å². The average Bonchev–Trinajstić information content (AvgIpc) is 3.10. The van der Waals surface area contributed by atoms with Gasteiger partial charge in [-0.25, -0.2) is 0 Å². The second kappa shape index (κ2) is 8.26. The second-order valence-corrected chi connectivity index (χ2v) is 5.97. The maximum absolute atomic E-state index is 12.2. The minimum Gasteiger partial charge on any atom is -0.486 e. The number of amides is 1. The Kier molecular flexibility index (Phi) is 5.79. The van der Waals surface area contributed by atoms with Crippen LogP contribution in [0, 0.1) is 0 Å². The zero-order chi connectivity index (χ0) is 20.1. The van der Waals surface area contributed by atoms with Crippen molar-refractivity contribution in [1.29, 1.82) is 0 Å². The van der Waals surface area contributed by atoms with E-state index in [2.05, 4.69) is 10.1 Å². The highest BCUT2D eigenvalue weighted by atomic mass is 35.5. The summed E-state index contributed by atoms with van der Waals surface area (Å²) >= 11 is 5.87. The summed E-state index contributed by atoms with van der Waals surface area (Å²) in [6.45, 7) is 0.0943. The normalized spacial score (nSPS) is 11.1. The molecular formula is C19H13ClF3NO4. The highest BCUT2D eigenvalue weighted by Gasteiger charge is 2.31. The molecule has 0 spiro atoms. The fourth-order valence-corrected chi connectivity index (χ4v) is 2.40. The lowest BCUT2D eigenvalue weighted by Crippen LogP contribution is -2.17. The number of ether oxygens (including phenoxy) is 2. The van der Waals surface area contributed by atoms with Gasteiger partial charge in [-0.2, -0.15) is 0 Å². The lowest BCUT2D eigenvalue weighted by Gasteiger charge is -2.09. The summed E-state index contributed by atoms with van der Waals surface area (Å²) in [7, 11) is 0. The molecule has 1 amide bonds. The molecule has 1 aromatic heterocycles. The molecule has 0 saturated heterocycles. The van der Waals surface area contributed by atoms with Crippen molar-refractivity contribution in [2.45, 2.75) is 13.0 Å². The Bertz CT molecular complexity index is 954. The van der Waals surface area contributed by atoms with E-state index in [1.807, 2.05) is 0 Å². The van der Waals surface area contributed by atoms with Crippen LogP contribution < -0.4 is 14.8 Å². The van der Waals surface area contributed by atoms with E-state index in [1.54, 1.807) is 30.3 Å².